The quantitative estimate of drug-likeness (QED) is 0.457. The van der Waals surface area contributed by atoms with Gasteiger partial charge in [0.1, 0.15) is 5.75 Å². The number of aliphatic imine (C=N–C) groups is 1. The topological polar surface area (TPSA) is 45.7 Å². The molecule has 1 aromatic rings. The lowest BCUT2D eigenvalue weighted by atomic mass is 10.1. The van der Waals surface area contributed by atoms with Gasteiger partial charge in [-0.05, 0) is 30.5 Å². The normalized spacial score (nSPS) is 11.3. The summed E-state index contributed by atoms with van der Waals surface area (Å²) in [5.41, 5.74) is 2.37. The zero-order valence-corrected chi connectivity index (χ0v) is 13.1. The van der Waals surface area contributed by atoms with Crippen LogP contribution >= 0.6 is 0 Å². The number of hydrogen-bond donors (Lipinski definition) is 2. The summed E-state index contributed by atoms with van der Waals surface area (Å²) in [6.45, 7) is 5.99. The Labute approximate surface area is 122 Å². The van der Waals surface area contributed by atoms with Gasteiger partial charge in [-0.2, -0.15) is 0 Å². The molecule has 0 radical (unpaired) electrons. The molecule has 0 atom stereocenters. The van der Waals surface area contributed by atoms with Crippen LogP contribution in [0, 0.1) is 6.92 Å². The SMILES string of the molecule is CCCCCNC(=NC)NCc1ccc(OC)c(C)c1. The van der Waals surface area contributed by atoms with Gasteiger partial charge in [0.25, 0.3) is 0 Å². The molecule has 0 saturated carbocycles. The Bertz CT molecular complexity index is 430. The molecule has 4 nitrogen and oxygen atoms in total. The van der Waals surface area contributed by atoms with E-state index in [0.29, 0.717) is 0 Å². The summed E-state index contributed by atoms with van der Waals surface area (Å²) in [6.07, 6.45) is 3.67. The van der Waals surface area contributed by atoms with E-state index >= 15 is 0 Å². The average molecular weight is 277 g/mol. The van der Waals surface area contributed by atoms with Crippen LogP contribution in [0.5, 0.6) is 5.75 Å². The second-order valence-corrected chi connectivity index (χ2v) is 4.86. The molecular formula is C16H27N3O. The number of unbranched alkanes of at least 4 members (excludes halogenated alkanes) is 2. The smallest absolute Gasteiger partial charge is 0.191 e. The molecule has 0 bridgehead atoms. The van der Waals surface area contributed by atoms with Gasteiger partial charge in [-0.3, -0.25) is 4.99 Å². The van der Waals surface area contributed by atoms with E-state index < -0.39 is 0 Å². The zero-order valence-electron chi connectivity index (χ0n) is 13.1. The molecule has 0 unspecified atom stereocenters. The molecule has 2 N–H and O–H groups in total. The first-order chi connectivity index (χ1) is 9.71. The van der Waals surface area contributed by atoms with Gasteiger partial charge < -0.3 is 15.4 Å². The van der Waals surface area contributed by atoms with E-state index in [1.807, 2.05) is 6.07 Å². The molecule has 112 valence electrons. The van der Waals surface area contributed by atoms with E-state index in [0.717, 1.165) is 30.4 Å². The molecule has 0 heterocycles. The van der Waals surface area contributed by atoms with Gasteiger partial charge in [0.05, 0.1) is 7.11 Å². The highest BCUT2D eigenvalue weighted by Gasteiger charge is 2.01. The predicted octanol–water partition coefficient (Wildman–Crippen LogP) is 2.86. The van der Waals surface area contributed by atoms with E-state index in [2.05, 4.69) is 41.6 Å². The molecule has 0 aromatic heterocycles. The first kappa shape index (κ1) is 16.3. The van der Waals surface area contributed by atoms with Crippen molar-refractivity contribution in [1.29, 1.82) is 0 Å². The van der Waals surface area contributed by atoms with Crippen molar-refractivity contribution in [3.05, 3.63) is 29.3 Å². The fourth-order valence-electron chi connectivity index (χ4n) is 2.04. The van der Waals surface area contributed by atoms with Gasteiger partial charge in [-0.1, -0.05) is 31.9 Å². The molecule has 20 heavy (non-hydrogen) atoms. The molecule has 0 fully saturated rings. The molecule has 0 saturated heterocycles. The Kier molecular flexibility index (Phi) is 7.55. The number of ether oxygens (including phenoxy) is 1. The lowest BCUT2D eigenvalue weighted by molar-refractivity contribution is 0.411. The highest BCUT2D eigenvalue weighted by atomic mass is 16.5. The van der Waals surface area contributed by atoms with Crippen molar-refractivity contribution < 1.29 is 4.74 Å². The summed E-state index contributed by atoms with van der Waals surface area (Å²) in [5, 5.41) is 6.65. The van der Waals surface area contributed by atoms with Crippen LogP contribution in [0.1, 0.15) is 37.3 Å². The molecule has 0 aliphatic rings. The molecule has 0 aliphatic carbocycles. The van der Waals surface area contributed by atoms with Crippen molar-refractivity contribution in [2.24, 2.45) is 4.99 Å². The first-order valence-electron chi connectivity index (χ1n) is 7.29. The lowest BCUT2D eigenvalue weighted by Gasteiger charge is -2.13. The van der Waals surface area contributed by atoms with Gasteiger partial charge in [0, 0.05) is 20.1 Å². The number of methoxy groups -OCH3 is 1. The Morgan fingerprint density at radius 3 is 2.65 bits per heavy atom. The summed E-state index contributed by atoms with van der Waals surface area (Å²) in [6, 6.07) is 6.21. The van der Waals surface area contributed by atoms with Crippen LogP contribution < -0.4 is 15.4 Å². The highest BCUT2D eigenvalue weighted by Crippen LogP contribution is 2.18. The van der Waals surface area contributed by atoms with Crippen molar-refractivity contribution in [3.63, 3.8) is 0 Å². The lowest BCUT2D eigenvalue weighted by Crippen LogP contribution is -2.37. The summed E-state index contributed by atoms with van der Waals surface area (Å²) < 4.78 is 5.27. The van der Waals surface area contributed by atoms with Crippen molar-refractivity contribution in [2.75, 3.05) is 20.7 Å². The molecule has 0 aliphatic heterocycles. The van der Waals surface area contributed by atoms with Crippen LogP contribution in [0.3, 0.4) is 0 Å². The third kappa shape index (κ3) is 5.51. The van der Waals surface area contributed by atoms with Crippen LogP contribution in [-0.4, -0.2) is 26.7 Å². The summed E-state index contributed by atoms with van der Waals surface area (Å²) in [7, 11) is 3.50. The third-order valence-electron chi connectivity index (χ3n) is 3.22. The minimum absolute atomic E-state index is 0.762. The number of nitrogens with one attached hydrogen (secondary N) is 2. The minimum atomic E-state index is 0.762. The largest absolute Gasteiger partial charge is 0.496 e. The summed E-state index contributed by atoms with van der Waals surface area (Å²) in [4.78, 5) is 4.23. The predicted molar refractivity (Wildman–Crippen MR) is 85.5 cm³/mol. The molecule has 0 spiro atoms. The van der Waals surface area contributed by atoms with Crippen LogP contribution in [0.4, 0.5) is 0 Å². The fourth-order valence-corrected chi connectivity index (χ4v) is 2.04. The van der Waals surface area contributed by atoms with Gasteiger partial charge in [-0.25, -0.2) is 0 Å². The van der Waals surface area contributed by atoms with Crippen molar-refractivity contribution >= 4 is 5.96 Å². The van der Waals surface area contributed by atoms with E-state index in [1.165, 1.54) is 24.8 Å². The van der Waals surface area contributed by atoms with Gasteiger partial charge in [-0.15, -0.1) is 0 Å². The van der Waals surface area contributed by atoms with Crippen molar-refractivity contribution in [1.82, 2.24) is 10.6 Å². The van der Waals surface area contributed by atoms with Gasteiger partial charge in [0.15, 0.2) is 5.96 Å². The van der Waals surface area contributed by atoms with Crippen molar-refractivity contribution in [3.8, 4) is 5.75 Å². The number of guanidine groups is 1. The van der Waals surface area contributed by atoms with Crippen LogP contribution in [-0.2, 0) is 6.54 Å². The van der Waals surface area contributed by atoms with E-state index in [-0.39, 0.29) is 0 Å². The molecular weight excluding hydrogens is 250 g/mol. The van der Waals surface area contributed by atoms with Crippen LogP contribution in [0.2, 0.25) is 0 Å². The number of aryl methyl sites for hydroxylation is 1. The maximum absolute atomic E-state index is 5.27. The second kappa shape index (κ2) is 9.23. The number of hydrogen-bond acceptors (Lipinski definition) is 2. The maximum Gasteiger partial charge on any atom is 0.191 e. The minimum Gasteiger partial charge on any atom is -0.496 e. The molecule has 0 amide bonds. The average Bonchev–Trinajstić information content (AvgIpc) is 2.46. The molecule has 1 rings (SSSR count). The Morgan fingerprint density at radius 1 is 1.25 bits per heavy atom. The molecule has 1 aromatic carbocycles. The first-order valence-corrected chi connectivity index (χ1v) is 7.29. The van der Waals surface area contributed by atoms with Gasteiger partial charge in [0.2, 0.25) is 0 Å². The van der Waals surface area contributed by atoms with Crippen LogP contribution in [0.15, 0.2) is 23.2 Å². The number of benzene rings is 1. The molecule has 4 heteroatoms. The second-order valence-electron chi connectivity index (χ2n) is 4.86. The van der Waals surface area contributed by atoms with E-state index in [9.17, 15) is 0 Å². The zero-order chi connectivity index (χ0) is 14.8. The monoisotopic (exact) mass is 277 g/mol. The maximum atomic E-state index is 5.27. The van der Waals surface area contributed by atoms with E-state index in [1.54, 1.807) is 14.2 Å². The van der Waals surface area contributed by atoms with E-state index in [4.69, 9.17) is 4.74 Å². The standard InChI is InChI=1S/C16H27N3O/c1-5-6-7-10-18-16(17-3)19-12-14-8-9-15(20-4)13(2)11-14/h8-9,11H,5-7,10,12H2,1-4H3,(H2,17,18,19). The van der Waals surface area contributed by atoms with Crippen molar-refractivity contribution in [2.45, 2.75) is 39.7 Å². The Hall–Kier alpha value is -1.71. The number of rotatable bonds is 7. The highest BCUT2D eigenvalue weighted by molar-refractivity contribution is 5.79. The summed E-state index contributed by atoms with van der Waals surface area (Å²) >= 11 is 0. The number of nitrogens with zero attached hydrogens (tertiary/aromatic N) is 1. The third-order valence-corrected chi connectivity index (χ3v) is 3.22. The Balaban J connectivity index is 2.42. The Morgan fingerprint density at radius 2 is 2.05 bits per heavy atom. The fraction of sp³-hybridized carbons (Fsp3) is 0.562. The van der Waals surface area contributed by atoms with Gasteiger partial charge >= 0.3 is 0 Å². The van der Waals surface area contributed by atoms with Crippen LogP contribution in [0.25, 0.3) is 0 Å². The summed E-state index contributed by atoms with van der Waals surface area (Å²) in [5.74, 6) is 1.78.